The van der Waals surface area contributed by atoms with Gasteiger partial charge < -0.3 is 14.8 Å². The van der Waals surface area contributed by atoms with Crippen molar-refractivity contribution in [1.82, 2.24) is 10.2 Å². The molecule has 2 aromatic rings. The number of thioether (sulfide) groups is 1. The number of nitrogens with one attached hydrogen (secondary N) is 1. The second-order valence-corrected chi connectivity index (χ2v) is 9.66. The molecule has 1 N–H and O–H groups in total. The first-order valence-corrected chi connectivity index (χ1v) is 11.7. The molecule has 2 aromatic carbocycles. The summed E-state index contributed by atoms with van der Waals surface area (Å²) < 4.78 is 11.9. The molecule has 0 radical (unpaired) electrons. The molecule has 0 unspecified atom stereocenters. The van der Waals surface area contributed by atoms with Crippen molar-refractivity contribution in [3.05, 3.63) is 56.9 Å². The highest BCUT2D eigenvalue weighted by Gasteiger charge is 2.23. The van der Waals surface area contributed by atoms with Gasteiger partial charge in [-0.05, 0) is 47.5 Å². The van der Waals surface area contributed by atoms with Gasteiger partial charge in [0.15, 0.2) is 0 Å². The second-order valence-electron chi connectivity index (χ2n) is 7.07. The van der Waals surface area contributed by atoms with Gasteiger partial charge in [0.2, 0.25) is 0 Å². The van der Waals surface area contributed by atoms with Gasteiger partial charge in [-0.1, -0.05) is 53.2 Å². The van der Waals surface area contributed by atoms with E-state index in [0.717, 1.165) is 49.5 Å². The number of hydrogen-bond acceptors (Lipinski definition) is 6. The Morgan fingerprint density at radius 1 is 1.13 bits per heavy atom. The number of thiocarbonyl (C=S) groups is 1. The fourth-order valence-electron chi connectivity index (χ4n) is 3.36. The lowest BCUT2D eigenvalue weighted by Gasteiger charge is -2.26. The molecule has 0 aromatic heterocycles. The quantitative estimate of drug-likeness (QED) is 0.457. The zero-order valence-electron chi connectivity index (χ0n) is 16.5. The third-order valence-corrected chi connectivity index (χ3v) is 6.50. The molecular formula is C22H20Cl2N2O3S2. The summed E-state index contributed by atoms with van der Waals surface area (Å²) in [6.45, 7) is 4.66. The molecule has 0 saturated carbocycles. The van der Waals surface area contributed by atoms with Crippen LogP contribution >= 0.6 is 47.2 Å². The molecule has 31 heavy (non-hydrogen) atoms. The predicted octanol–water partition coefficient (Wildman–Crippen LogP) is 4.86. The summed E-state index contributed by atoms with van der Waals surface area (Å²) in [5.74, 6) is 0.495. The lowest BCUT2D eigenvalue weighted by Crippen LogP contribution is -2.38. The monoisotopic (exact) mass is 494 g/mol. The molecule has 2 saturated heterocycles. The van der Waals surface area contributed by atoms with E-state index in [1.54, 1.807) is 12.1 Å². The van der Waals surface area contributed by atoms with Gasteiger partial charge >= 0.3 is 0 Å². The number of morpholine rings is 1. The van der Waals surface area contributed by atoms with Gasteiger partial charge in [0, 0.05) is 35.2 Å². The summed E-state index contributed by atoms with van der Waals surface area (Å²) in [5, 5.41) is 3.77. The molecule has 5 nitrogen and oxygen atoms in total. The number of halogens is 2. The number of carbonyl (C=O) groups excluding carboxylic acids is 1. The topological polar surface area (TPSA) is 50.8 Å². The Bertz CT molecular complexity index is 1020. The molecular weight excluding hydrogens is 475 g/mol. The maximum atomic E-state index is 12.2. The number of amides is 1. The molecule has 0 atom stereocenters. The highest BCUT2D eigenvalue weighted by Crippen LogP contribution is 2.34. The van der Waals surface area contributed by atoms with Crippen molar-refractivity contribution in [3.63, 3.8) is 0 Å². The number of carbonyl (C=O) groups is 1. The van der Waals surface area contributed by atoms with E-state index in [9.17, 15) is 4.79 Å². The summed E-state index contributed by atoms with van der Waals surface area (Å²) in [7, 11) is 0. The third kappa shape index (κ3) is 6.00. The number of hydrogen-bond donors (Lipinski definition) is 1. The summed E-state index contributed by atoms with van der Waals surface area (Å²) >= 11 is 18.7. The molecule has 9 heteroatoms. The zero-order chi connectivity index (χ0) is 21.8. The average Bonchev–Trinajstić information content (AvgIpc) is 3.05. The molecule has 4 rings (SSSR count). The van der Waals surface area contributed by atoms with Crippen LogP contribution in [0.2, 0.25) is 10.0 Å². The van der Waals surface area contributed by atoms with Gasteiger partial charge in [-0.3, -0.25) is 9.69 Å². The first-order chi connectivity index (χ1) is 15.0. The molecule has 0 bridgehead atoms. The van der Waals surface area contributed by atoms with E-state index in [1.165, 1.54) is 11.8 Å². The van der Waals surface area contributed by atoms with Crippen LogP contribution in [0, 0.1) is 0 Å². The van der Waals surface area contributed by atoms with Crippen molar-refractivity contribution < 1.29 is 14.3 Å². The van der Waals surface area contributed by atoms with Crippen molar-refractivity contribution >= 4 is 63.5 Å². The Labute approximate surface area is 200 Å². The van der Waals surface area contributed by atoms with E-state index in [1.807, 2.05) is 30.3 Å². The fourth-order valence-corrected chi connectivity index (χ4v) is 4.93. The Hall–Kier alpha value is -1.61. The highest BCUT2D eigenvalue weighted by molar-refractivity contribution is 8.26. The van der Waals surface area contributed by atoms with Crippen molar-refractivity contribution in [3.8, 4) is 16.9 Å². The summed E-state index contributed by atoms with van der Waals surface area (Å²) in [5.41, 5.74) is 2.59. The van der Waals surface area contributed by atoms with Crippen LogP contribution in [0.1, 0.15) is 5.56 Å². The van der Waals surface area contributed by atoms with Crippen molar-refractivity contribution in [1.29, 1.82) is 0 Å². The van der Waals surface area contributed by atoms with E-state index < -0.39 is 0 Å². The predicted molar refractivity (Wildman–Crippen MR) is 131 cm³/mol. The highest BCUT2D eigenvalue weighted by atomic mass is 35.5. The van der Waals surface area contributed by atoms with Gasteiger partial charge in [-0.25, -0.2) is 0 Å². The minimum Gasteiger partial charge on any atom is -0.492 e. The summed E-state index contributed by atoms with van der Waals surface area (Å²) in [6, 6.07) is 11.2. The van der Waals surface area contributed by atoms with Crippen LogP contribution in [-0.2, 0) is 9.53 Å². The van der Waals surface area contributed by atoms with Crippen molar-refractivity contribution in [2.24, 2.45) is 0 Å². The average molecular weight is 495 g/mol. The molecule has 0 spiro atoms. The molecule has 2 heterocycles. The van der Waals surface area contributed by atoms with E-state index >= 15 is 0 Å². The molecule has 0 aliphatic carbocycles. The van der Waals surface area contributed by atoms with Crippen LogP contribution in [0.15, 0.2) is 41.3 Å². The number of benzene rings is 2. The Morgan fingerprint density at radius 3 is 2.55 bits per heavy atom. The van der Waals surface area contributed by atoms with Crippen LogP contribution in [0.25, 0.3) is 17.2 Å². The third-order valence-electron chi connectivity index (χ3n) is 4.90. The molecule has 2 fully saturated rings. The van der Waals surface area contributed by atoms with Gasteiger partial charge in [0.1, 0.15) is 16.7 Å². The van der Waals surface area contributed by atoms with Crippen molar-refractivity contribution in [2.75, 3.05) is 39.5 Å². The number of ether oxygens (including phenoxy) is 2. The lowest BCUT2D eigenvalue weighted by atomic mass is 10.0. The summed E-state index contributed by atoms with van der Waals surface area (Å²) in [4.78, 5) is 15.0. The zero-order valence-corrected chi connectivity index (χ0v) is 19.7. The molecule has 2 aliphatic rings. The SMILES string of the molecule is O=C1NC(=S)SC1=Cc1cc(-c2cc(Cl)cc(Cl)c2)ccc1OCCN1CCOCC1. The second kappa shape index (κ2) is 10.3. The largest absolute Gasteiger partial charge is 0.492 e. The Balaban J connectivity index is 1.60. The first kappa shape index (κ1) is 22.6. The minimum atomic E-state index is -0.203. The lowest BCUT2D eigenvalue weighted by molar-refractivity contribution is -0.115. The first-order valence-electron chi connectivity index (χ1n) is 9.76. The van der Waals surface area contributed by atoms with Gasteiger partial charge in [-0.15, -0.1) is 0 Å². The van der Waals surface area contributed by atoms with Crippen LogP contribution in [-0.4, -0.2) is 54.6 Å². The van der Waals surface area contributed by atoms with Gasteiger partial charge in [-0.2, -0.15) is 0 Å². The smallest absolute Gasteiger partial charge is 0.263 e. The van der Waals surface area contributed by atoms with E-state index in [-0.39, 0.29) is 5.91 Å². The molecule has 2 aliphatic heterocycles. The maximum Gasteiger partial charge on any atom is 0.263 e. The number of rotatable bonds is 6. The maximum absolute atomic E-state index is 12.2. The van der Waals surface area contributed by atoms with Gasteiger partial charge in [0.05, 0.1) is 18.1 Å². The van der Waals surface area contributed by atoms with Gasteiger partial charge in [0.25, 0.3) is 5.91 Å². The van der Waals surface area contributed by atoms with Crippen LogP contribution in [0.4, 0.5) is 0 Å². The normalized spacial score (nSPS) is 18.5. The van der Waals surface area contributed by atoms with Crippen molar-refractivity contribution in [2.45, 2.75) is 0 Å². The van der Waals surface area contributed by atoms with Crippen LogP contribution in [0.3, 0.4) is 0 Å². The Morgan fingerprint density at radius 2 is 1.87 bits per heavy atom. The standard InChI is InChI=1S/C22H20Cl2N2O3S2/c23-17-10-15(11-18(24)13-17)14-1-2-19(29-8-5-26-3-6-28-7-4-26)16(9-14)12-20-21(27)25-22(30)31-20/h1-2,9-13H,3-8H2,(H,25,27,30). The van der Waals surface area contributed by atoms with E-state index in [4.69, 9.17) is 44.9 Å². The Kier molecular flexibility index (Phi) is 7.53. The minimum absolute atomic E-state index is 0.203. The summed E-state index contributed by atoms with van der Waals surface area (Å²) in [6.07, 6.45) is 1.80. The fraction of sp³-hybridized carbons (Fsp3) is 0.273. The van der Waals surface area contributed by atoms with E-state index in [2.05, 4.69) is 10.2 Å². The van der Waals surface area contributed by atoms with Crippen LogP contribution in [0.5, 0.6) is 5.75 Å². The number of nitrogens with zero attached hydrogens (tertiary/aromatic N) is 1. The molecule has 162 valence electrons. The van der Waals surface area contributed by atoms with E-state index in [0.29, 0.717) is 31.6 Å². The van der Waals surface area contributed by atoms with Crippen LogP contribution < -0.4 is 10.1 Å². The molecule has 1 amide bonds.